The molecule has 1 N–H and O–H groups in total. The predicted octanol–water partition coefficient (Wildman–Crippen LogP) is 1.93. The van der Waals surface area contributed by atoms with Gasteiger partial charge < -0.3 is 19.5 Å². The number of rotatable bonds is 4. The van der Waals surface area contributed by atoms with Crippen molar-refractivity contribution in [3.63, 3.8) is 0 Å². The third kappa shape index (κ3) is 2.44. The van der Waals surface area contributed by atoms with Gasteiger partial charge in [0.25, 0.3) is 0 Å². The number of methoxy groups -OCH3 is 2. The van der Waals surface area contributed by atoms with Crippen LogP contribution in [0.2, 0.25) is 0 Å². The smallest absolute Gasteiger partial charge is 0.164 e. The molecule has 100 valence electrons. The lowest BCUT2D eigenvalue weighted by Crippen LogP contribution is -2.33. The summed E-state index contributed by atoms with van der Waals surface area (Å²) in [5.41, 5.74) is 2.37. The molecule has 0 aliphatic carbocycles. The number of benzene rings is 1. The van der Waals surface area contributed by atoms with Gasteiger partial charge in [-0.1, -0.05) is 13.0 Å². The van der Waals surface area contributed by atoms with Crippen molar-refractivity contribution in [1.82, 2.24) is 5.32 Å². The third-order valence-corrected chi connectivity index (χ3v) is 3.31. The first kappa shape index (κ1) is 13.2. The van der Waals surface area contributed by atoms with Gasteiger partial charge in [-0.05, 0) is 18.1 Å². The van der Waals surface area contributed by atoms with E-state index in [0.29, 0.717) is 0 Å². The molecule has 1 atom stereocenters. The summed E-state index contributed by atoms with van der Waals surface area (Å²) >= 11 is 0. The zero-order valence-electron chi connectivity index (χ0n) is 11.3. The minimum absolute atomic E-state index is 0.105. The number of hydrogen-bond donors (Lipinski definition) is 1. The second-order valence-corrected chi connectivity index (χ2v) is 4.29. The van der Waals surface area contributed by atoms with Crippen LogP contribution in [0.4, 0.5) is 0 Å². The topological polar surface area (TPSA) is 39.7 Å². The Morgan fingerprint density at radius 1 is 1.33 bits per heavy atom. The van der Waals surface area contributed by atoms with Crippen molar-refractivity contribution >= 4 is 0 Å². The van der Waals surface area contributed by atoms with Crippen molar-refractivity contribution in [2.45, 2.75) is 19.4 Å². The van der Waals surface area contributed by atoms with E-state index in [2.05, 4.69) is 18.3 Å². The van der Waals surface area contributed by atoms with E-state index < -0.39 is 0 Å². The Morgan fingerprint density at radius 3 is 2.72 bits per heavy atom. The molecule has 0 bridgehead atoms. The fourth-order valence-corrected chi connectivity index (χ4v) is 2.44. The molecule has 1 unspecified atom stereocenters. The highest BCUT2D eigenvalue weighted by atomic mass is 16.5. The van der Waals surface area contributed by atoms with Crippen molar-refractivity contribution in [3.05, 3.63) is 23.3 Å². The van der Waals surface area contributed by atoms with E-state index in [4.69, 9.17) is 14.2 Å². The summed E-state index contributed by atoms with van der Waals surface area (Å²) in [6.07, 6.45) is 1.00. The molecule has 0 spiro atoms. The molecule has 0 saturated carbocycles. The van der Waals surface area contributed by atoms with Gasteiger partial charge >= 0.3 is 0 Å². The van der Waals surface area contributed by atoms with Crippen molar-refractivity contribution in [1.29, 1.82) is 0 Å². The van der Waals surface area contributed by atoms with Gasteiger partial charge in [-0.2, -0.15) is 0 Å². The van der Waals surface area contributed by atoms with E-state index in [1.807, 2.05) is 6.07 Å². The minimum atomic E-state index is 0.105. The van der Waals surface area contributed by atoms with Gasteiger partial charge in [0.15, 0.2) is 11.5 Å². The lowest BCUT2D eigenvalue weighted by Gasteiger charge is -2.27. The van der Waals surface area contributed by atoms with E-state index in [9.17, 15) is 0 Å². The molecule has 2 rings (SSSR count). The van der Waals surface area contributed by atoms with Crippen LogP contribution in [0.5, 0.6) is 11.5 Å². The second-order valence-electron chi connectivity index (χ2n) is 4.29. The molecule has 0 aromatic heterocycles. The van der Waals surface area contributed by atoms with E-state index in [1.54, 1.807) is 14.2 Å². The van der Waals surface area contributed by atoms with Gasteiger partial charge in [-0.25, -0.2) is 0 Å². The zero-order chi connectivity index (χ0) is 13.0. The van der Waals surface area contributed by atoms with Gasteiger partial charge in [0.05, 0.1) is 26.9 Å². The van der Waals surface area contributed by atoms with E-state index in [0.717, 1.165) is 37.6 Å². The highest BCUT2D eigenvalue weighted by Gasteiger charge is 2.22. The molecule has 1 saturated heterocycles. The molecule has 0 radical (unpaired) electrons. The van der Waals surface area contributed by atoms with Gasteiger partial charge in [0.2, 0.25) is 0 Å². The normalized spacial score (nSPS) is 19.6. The monoisotopic (exact) mass is 251 g/mol. The average Bonchev–Trinajstić information content (AvgIpc) is 2.46. The molecule has 1 heterocycles. The molecule has 1 aliphatic heterocycles. The Balaban J connectivity index is 2.40. The lowest BCUT2D eigenvalue weighted by molar-refractivity contribution is 0.0270. The largest absolute Gasteiger partial charge is 0.493 e. The zero-order valence-corrected chi connectivity index (χ0v) is 11.3. The number of ether oxygens (including phenoxy) is 3. The Labute approximate surface area is 108 Å². The first-order valence-corrected chi connectivity index (χ1v) is 6.37. The number of hydrogen-bond acceptors (Lipinski definition) is 4. The van der Waals surface area contributed by atoms with Crippen LogP contribution in [-0.4, -0.2) is 33.9 Å². The maximum Gasteiger partial charge on any atom is 0.164 e. The Kier molecular flexibility index (Phi) is 4.44. The van der Waals surface area contributed by atoms with Crippen LogP contribution in [-0.2, 0) is 11.2 Å². The maximum atomic E-state index is 5.82. The SMILES string of the molecule is CCc1c(C2CNCCO2)ccc(OC)c1OC. The molecular weight excluding hydrogens is 230 g/mol. The van der Waals surface area contributed by atoms with Crippen LogP contribution in [0, 0.1) is 0 Å². The minimum Gasteiger partial charge on any atom is -0.493 e. The summed E-state index contributed by atoms with van der Waals surface area (Å²) in [7, 11) is 3.34. The highest BCUT2D eigenvalue weighted by molar-refractivity contribution is 5.51. The summed E-state index contributed by atoms with van der Waals surface area (Å²) in [5.74, 6) is 1.61. The Bertz CT molecular complexity index is 400. The van der Waals surface area contributed by atoms with Crippen molar-refractivity contribution in [2.24, 2.45) is 0 Å². The Morgan fingerprint density at radius 2 is 2.17 bits per heavy atom. The first-order chi connectivity index (χ1) is 8.81. The molecule has 1 aliphatic rings. The fraction of sp³-hybridized carbons (Fsp3) is 0.571. The summed E-state index contributed by atoms with van der Waals surface area (Å²) in [6, 6.07) is 4.03. The lowest BCUT2D eigenvalue weighted by atomic mass is 9.98. The predicted molar refractivity (Wildman–Crippen MR) is 70.5 cm³/mol. The summed E-state index contributed by atoms with van der Waals surface area (Å²) < 4.78 is 16.6. The van der Waals surface area contributed by atoms with Crippen LogP contribution >= 0.6 is 0 Å². The third-order valence-electron chi connectivity index (χ3n) is 3.31. The van der Waals surface area contributed by atoms with Crippen LogP contribution in [0.1, 0.15) is 24.2 Å². The van der Waals surface area contributed by atoms with Crippen LogP contribution in [0.3, 0.4) is 0 Å². The molecule has 4 nitrogen and oxygen atoms in total. The average molecular weight is 251 g/mol. The van der Waals surface area contributed by atoms with Gasteiger partial charge in [-0.3, -0.25) is 0 Å². The van der Waals surface area contributed by atoms with Crippen LogP contribution < -0.4 is 14.8 Å². The van der Waals surface area contributed by atoms with Crippen molar-refractivity contribution in [2.75, 3.05) is 33.9 Å². The van der Waals surface area contributed by atoms with E-state index in [-0.39, 0.29) is 6.10 Å². The quantitative estimate of drug-likeness (QED) is 0.887. The van der Waals surface area contributed by atoms with Crippen molar-refractivity contribution in [3.8, 4) is 11.5 Å². The Hall–Kier alpha value is -1.26. The van der Waals surface area contributed by atoms with Gasteiger partial charge in [0, 0.05) is 18.7 Å². The standard InChI is InChI=1S/C14H21NO3/c1-4-10-11(13-9-15-7-8-18-13)5-6-12(16-2)14(10)17-3/h5-6,13,15H,4,7-9H2,1-3H3. The maximum absolute atomic E-state index is 5.82. The molecular formula is C14H21NO3. The van der Waals surface area contributed by atoms with Crippen molar-refractivity contribution < 1.29 is 14.2 Å². The molecule has 4 heteroatoms. The van der Waals surface area contributed by atoms with Crippen LogP contribution in [0.15, 0.2) is 12.1 Å². The number of nitrogens with one attached hydrogen (secondary N) is 1. The summed E-state index contributed by atoms with van der Waals surface area (Å²) in [4.78, 5) is 0. The summed E-state index contributed by atoms with van der Waals surface area (Å²) in [6.45, 7) is 4.65. The first-order valence-electron chi connectivity index (χ1n) is 6.37. The molecule has 1 fully saturated rings. The molecule has 0 amide bonds. The van der Waals surface area contributed by atoms with E-state index >= 15 is 0 Å². The molecule has 18 heavy (non-hydrogen) atoms. The number of morpholine rings is 1. The summed E-state index contributed by atoms with van der Waals surface area (Å²) in [5, 5.41) is 3.35. The fourth-order valence-electron chi connectivity index (χ4n) is 2.44. The van der Waals surface area contributed by atoms with Gasteiger partial charge in [0.1, 0.15) is 0 Å². The van der Waals surface area contributed by atoms with Gasteiger partial charge in [-0.15, -0.1) is 0 Å². The van der Waals surface area contributed by atoms with Crippen LogP contribution in [0.25, 0.3) is 0 Å². The second kappa shape index (κ2) is 6.07. The van der Waals surface area contributed by atoms with E-state index in [1.165, 1.54) is 11.1 Å². The highest BCUT2D eigenvalue weighted by Crippen LogP contribution is 2.37. The molecule has 1 aromatic carbocycles. The molecule has 1 aromatic rings.